The fourth-order valence-electron chi connectivity index (χ4n) is 1.21. The summed E-state index contributed by atoms with van der Waals surface area (Å²) < 4.78 is 17.9. The van der Waals surface area contributed by atoms with Gasteiger partial charge in [-0.25, -0.2) is 9.18 Å². The molecule has 1 aromatic carbocycles. The number of benzene rings is 1. The molecule has 0 fully saturated rings. The maximum Gasteiger partial charge on any atom is 0.338 e. The van der Waals surface area contributed by atoms with Crippen molar-refractivity contribution in [1.82, 2.24) is 0 Å². The van der Waals surface area contributed by atoms with Gasteiger partial charge in [0.05, 0.1) is 29.3 Å². The number of nitrogens with zero attached hydrogens (tertiary/aromatic N) is 1. The topological polar surface area (TPSA) is 76.1 Å². The standard InChI is InChI=1S/C13H15FN2O2/c1-13(2,8-15)5-6-18-12(17)9-3-4-10(14)11(16)7-9/h3-4,7H,5-6,16H2,1-2H3. The van der Waals surface area contributed by atoms with Crippen molar-refractivity contribution >= 4 is 11.7 Å². The molecule has 0 saturated carbocycles. The number of anilines is 1. The van der Waals surface area contributed by atoms with E-state index >= 15 is 0 Å². The van der Waals surface area contributed by atoms with Crippen molar-refractivity contribution in [2.24, 2.45) is 5.41 Å². The first kappa shape index (κ1) is 14.0. The minimum Gasteiger partial charge on any atom is -0.462 e. The Hall–Kier alpha value is -2.09. The van der Waals surface area contributed by atoms with E-state index < -0.39 is 17.2 Å². The minimum atomic E-state index is -0.574. The van der Waals surface area contributed by atoms with Crippen molar-refractivity contribution in [3.05, 3.63) is 29.6 Å². The summed E-state index contributed by atoms with van der Waals surface area (Å²) in [6, 6.07) is 5.76. The van der Waals surface area contributed by atoms with E-state index in [2.05, 4.69) is 6.07 Å². The van der Waals surface area contributed by atoms with Crippen molar-refractivity contribution in [3.63, 3.8) is 0 Å². The molecule has 4 nitrogen and oxygen atoms in total. The number of nitrogens with two attached hydrogens (primary N) is 1. The second-order valence-corrected chi connectivity index (χ2v) is 4.62. The number of nitriles is 1. The summed E-state index contributed by atoms with van der Waals surface area (Å²) in [6.07, 6.45) is 0.436. The van der Waals surface area contributed by atoms with Gasteiger partial charge in [0.2, 0.25) is 0 Å². The summed E-state index contributed by atoms with van der Waals surface area (Å²) in [6.45, 7) is 3.66. The quantitative estimate of drug-likeness (QED) is 0.658. The lowest BCUT2D eigenvalue weighted by atomic mass is 9.92. The van der Waals surface area contributed by atoms with Gasteiger partial charge in [0.1, 0.15) is 5.82 Å². The van der Waals surface area contributed by atoms with Crippen LogP contribution in [0.1, 0.15) is 30.6 Å². The van der Waals surface area contributed by atoms with Gasteiger partial charge in [0, 0.05) is 0 Å². The molecule has 1 rings (SSSR count). The highest BCUT2D eigenvalue weighted by Crippen LogP contribution is 2.19. The number of nitrogen functional groups attached to an aromatic ring is 1. The number of hydrogen-bond acceptors (Lipinski definition) is 4. The van der Waals surface area contributed by atoms with E-state index in [1.807, 2.05) is 0 Å². The Labute approximate surface area is 105 Å². The molecule has 0 bridgehead atoms. The van der Waals surface area contributed by atoms with E-state index in [4.69, 9.17) is 15.7 Å². The molecule has 0 amide bonds. The number of carbonyl (C=O) groups excluding carboxylic acids is 1. The third-order valence-electron chi connectivity index (χ3n) is 2.49. The van der Waals surface area contributed by atoms with Crippen molar-refractivity contribution < 1.29 is 13.9 Å². The molecular formula is C13H15FN2O2. The predicted octanol–water partition coefficient (Wildman–Crippen LogP) is 2.50. The van der Waals surface area contributed by atoms with Crippen molar-refractivity contribution in [2.45, 2.75) is 20.3 Å². The Morgan fingerprint density at radius 2 is 2.22 bits per heavy atom. The minimum absolute atomic E-state index is 0.0956. The van der Waals surface area contributed by atoms with Gasteiger partial charge in [0.25, 0.3) is 0 Å². The highest BCUT2D eigenvalue weighted by molar-refractivity contribution is 5.90. The highest BCUT2D eigenvalue weighted by Gasteiger charge is 2.17. The van der Waals surface area contributed by atoms with E-state index in [0.29, 0.717) is 6.42 Å². The predicted molar refractivity (Wildman–Crippen MR) is 65.1 cm³/mol. The number of rotatable bonds is 4. The molecule has 18 heavy (non-hydrogen) atoms. The Balaban J connectivity index is 2.56. The van der Waals surface area contributed by atoms with Crippen LogP contribution >= 0.6 is 0 Å². The first-order valence-electron chi connectivity index (χ1n) is 5.49. The normalized spacial score (nSPS) is 10.8. The highest BCUT2D eigenvalue weighted by atomic mass is 19.1. The first-order chi connectivity index (χ1) is 8.35. The summed E-state index contributed by atoms with van der Waals surface area (Å²) in [4.78, 5) is 11.6. The van der Waals surface area contributed by atoms with Crippen LogP contribution in [-0.2, 0) is 4.74 Å². The summed E-state index contributed by atoms with van der Waals surface area (Å²) in [5, 5.41) is 8.79. The molecule has 5 heteroatoms. The fraction of sp³-hybridized carbons (Fsp3) is 0.385. The molecule has 0 saturated heterocycles. The lowest BCUT2D eigenvalue weighted by Crippen LogP contribution is -2.15. The second kappa shape index (κ2) is 5.50. The average Bonchev–Trinajstić information content (AvgIpc) is 2.32. The van der Waals surface area contributed by atoms with Crippen LogP contribution in [-0.4, -0.2) is 12.6 Å². The van der Waals surface area contributed by atoms with Gasteiger partial charge in [-0.2, -0.15) is 5.26 Å². The van der Waals surface area contributed by atoms with Crippen molar-refractivity contribution in [3.8, 4) is 6.07 Å². The van der Waals surface area contributed by atoms with Gasteiger partial charge in [-0.3, -0.25) is 0 Å². The zero-order chi connectivity index (χ0) is 13.8. The first-order valence-corrected chi connectivity index (χ1v) is 5.49. The van der Waals surface area contributed by atoms with Gasteiger partial charge in [0.15, 0.2) is 0 Å². The SMILES string of the molecule is CC(C)(C#N)CCOC(=O)c1ccc(F)c(N)c1. The van der Waals surface area contributed by atoms with Gasteiger partial charge in [-0.1, -0.05) is 0 Å². The van der Waals surface area contributed by atoms with Crippen LogP contribution in [0.3, 0.4) is 0 Å². The number of ether oxygens (including phenoxy) is 1. The van der Waals surface area contributed by atoms with Gasteiger partial charge >= 0.3 is 5.97 Å². The van der Waals surface area contributed by atoms with Crippen LogP contribution in [0.15, 0.2) is 18.2 Å². The second-order valence-electron chi connectivity index (χ2n) is 4.62. The van der Waals surface area contributed by atoms with Crippen LogP contribution in [0.2, 0.25) is 0 Å². The van der Waals surface area contributed by atoms with Crippen LogP contribution in [0.4, 0.5) is 10.1 Å². The van der Waals surface area contributed by atoms with E-state index in [1.54, 1.807) is 13.8 Å². The van der Waals surface area contributed by atoms with Crippen LogP contribution < -0.4 is 5.73 Å². The zero-order valence-corrected chi connectivity index (χ0v) is 10.4. The average molecular weight is 250 g/mol. The molecular weight excluding hydrogens is 235 g/mol. The van der Waals surface area contributed by atoms with Gasteiger partial charge in [-0.05, 0) is 38.5 Å². The number of esters is 1. The zero-order valence-electron chi connectivity index (χ0n) is 10.4. The molecule has 0 unspecified atom stereocenters. The fourth-order valence-corrected chi connectivity index (χ4v) is 1.21. The lowest BCUT2D eigenvalue weighted by Gasteiger charge is -2.14. The maximum absolute atomic E-state index is 12.9. The maximum atomic E-state index is 12.9. The molecule has 0 radical (unpaired) electrons. The van der Waals surface area contributed by atoms with Gasteiger partial charge in [-0.15, -0.1) is 0 Å². The third-order valence-corrected chi connectivity index (χ3v) is 2.49. The molecule has 0 aliphatic carbocycles. The summed E-state index contributed by atoms with van der Waals surface area (Å²) in [7, 11) is 0. The lowest BCUT2D eigenvalue weighted by molar-refractivity contribution is 0.0475. The molecule has 2 N–H and O–H groups in total. The van der Waals surface area contributed by atoms with Gasteiger partial charge < -0.3 is 10.5 Å². The molecule has 0 aliphatic heterocycles. The van der Waals surface area contributed by atoms with E-state index in [9.17, 15) is 9.18 Å². The largest absolute Gasteiger partial charge is 0.462 e. The number of carbonyl (C=O) groups is 1. The molecule has 0 aromatic heterocycles. The Morgan fingerprint density at radius 3 is 2.78 bits per heavy atom. The molecule has 1 aromatic rings. The Bertz CT molecular complexity index is 492. The summed E-state index contributed by atoms with van der Waals surface area (Å²) in [5.74, 6) is -1.15. The van der Waals surface area contributed by atoms with Crippen molar-refractivity contribution in [1.29, 1.82) is 5.26 Å². The monoisotopic (exact) mass is 250 g/mol. The summed E-state index contributed by atoms with van der Waals surface area (Å²) >= 11 is 0. The van der Waals surface area contributed by atoms with E-state index in [-0.39, 0.29) is 17.9 Å². The van der Waals surface area contributed by atoms with Crippen LogP contribution in [0.25, 0.3) is 0 Å². The molecule has 0 aliphatic rings. The molecule has 96 valence electrons. The van der Waals surface area contributed by atoms with Crippen LogP contribution in [0.5, 0.6) is 0 Å². The smallest absolute Gasteiger partial charge is 0.338 e. The number of halogens is 1. The molecule has 0 heterocycles. The third kappa shape index (κ3) is 3.74. The Kier molecular flexibility index (Phi) is 4.27. The Morgan fingerprint density at radius 1 is 1.56 bits per heavy atom. The van der Waals surface area contributed by atoms with Crippen LogP contribution in [0, 0.1) is 22.6 Å². The molecule has 0 spiro atoms. The van der Waals surface area contributed by atoms with E-state index in [1.165, 1.54) is 12.1 Å². The molecule has 0 atom stereocenters. The summed E-state index contributed by atoms with van der Waals surface area (Å²) in [5.41, 5.74) is 4.91. The van der Waals surface area contributed by atoms with Crippen molar-refractivity contribution in [2.75, 3.05) is 12.3 Å². The number of hydrogen-bond donors (Lipinski definition) is 1. The van der Waals surface area contributed by atoms with E-state index in [0.717, 1.165) is 6.07 Å².